The lowest BCUT2D eigenvalue weighted by atomic mass is 10.3. The van der Waals surface area contributed by atoms with Gasteiger partial charge < -0.3 is 14.3 Å². The molecule has 3 aromatic rings. The number of thiophene rings is 1. The Labute approximate surface area is 184 Å². The summed E-state index contributed by atoms with van der Waals surface area (Å²) in [6.07, 6.45) is 2.98. The zero-order chi connectivity index (χ0) is 21.1. The van der Waals surface area contributed by atoms with Gasteiger partial charge in [-0.05, 0) is 37.3 Å². The Kier molecular flexibility index (Phi) is 6.37. The number of hydrogen-bond acceptors (Lipinski definition) is 6. The third kappa shape index (κ3) is 4.66. The number of hydrogen-bond donors (Lipinski definition) is 1. The molecule has 0 aromatic carbocycles. The fraction of sp³-hybridized carbons (Fsp3) is 0.350. The summed E-state index contributed by atoms with van der Waals surface area (Å²) in [7, 11) is -3.60. The van der Waals surface area contributed by atoms with Gasteiger partial charge in [-0.25, -0.2) is 8.42 Å². The van der Waals surface area contributed by atoms with Crippen molar-refractivity contribution in [2.45, 2.75) is 24.9 Å². The number of carbonyl (C=O) groups excluding carboxylic acids is 1. The van der Waals surface area contributed by atoms with E-state index in [0.29, 0.717) is 31.9 Å². The molecule has 0 aliphatic carbocycles. The van der Waals surface area contributed by atoms with E-state index < -0.39 is 10.0 Å². The van der Waals surface area contributed by atoms with Crippen molar-refractivity contribution in [1.29, 1.82) is 0 Å². The van der Waals surface area contributed by atoms with Crippen LogP contribution < -0.4 is 0 Å². The molecule has 3 aromatic heterocycles. The zero-order valence-corrected chi connectivity index (χ0v) is 19.0. The van der Waals surface area contributed by atoms with Gasteiger partial charge in [0, 0.05) is 40.5 Å². The monoisotopic (exact) mass is 465 g/mol. The second kappa shape index (κ2) is 9.01. The predicted octanol–water partition coefficient (Wildman–Crippen LogP) is 3.56. The Balaban J connectivity index is 1.56. The number of aryl methyl sites for hydroxylation is 1. The van der Waals surface area contributed by atoms with Crippen LogP contribution in [0.5, 0.6) is 0 Å². The maximum Gasteiger partial charge on any atom is 0.271 e. The lowest BCUT2D eigenvalue weighted by Gasteiger charge is -2.25. The van der Waals surface area contributed by atoms with Gasteiger partial charge in [-0.3, -0.25) is 4.79 Å². The first-order valence-electron chi connectivity index (χ1n) is 9.57. The number of thioether (sulfide) groups is 1. The summed E-state index contributed by atoms with van der Waals surface area (Å²) >= 11 is 3.38. The maximum absolute atomic E-state index is 13.2. The molecule has 1 fully saturated rings. The molecule has 1 N–H and O–H groups in total. The van der Waals surface area contributed by atoms with Gasteiger partial charge in [0.05, 0.1) is 19.4 Å². The molecule has 0 radical (unpaired) electrons. The summed E-state index contributed by atoms with van der Waals surface area (Å²) in [4.78, 5) is 20.1. The molecule has 1 amide bonds. The summed E-state index contributed by atoms with van der Waals surface area (Å²) in [6.45, 7) is 3.72. The molecule has 0 spiro atoms. The average molecular weight is 466 g/mol. The van der Waals surface area contributed by atoms with E-state index in [1.807, 2.05) is 25.1 Å². The summed E-state index contributed by atoms with van der Waals surface area (Å²) in [5, 5.41) is 0. The number of H-pyrrole nitrogens is 1. The van der Waals surface area contributed by atoms with E-state index in [1.165, 1.54) is 21.4 Å². The van der Waals surface area contributed by atoms with Crippen molar-refractivity contribution in [3.8, 4) is 0 Å². The third-order valence-corrected chi connectivity index (χ3v) is 8.66. The summed E-state index contributed by atoms with van der Waals surface area (Å²) in [5.41, 5.74) is 0.250. The van der Waals surface area contributed by atoms with Gasteiger partial charge in [0.25, 0.3) is 5.91 Å². The molecule has 1 aliphatic heterocycles. The van der Waals surface area contributed by atoms with Crippen molar-refractivity contribution in [3.63, 3.8) is 0 Å². The number of furan rings is 1. The van der Waals surface area contributed by atoms with Crippen LogP contribution in [-0.4, -0.2) is 53.1 Å². The standard InChI is InChI=1S/C20H23N3O4S3/c1-15-4-5-17(29-15)14-22(13-16-3-2-8-27-16)20(24)19-11-18(12-21-19)30(25,26)23-6-9-28-10-7-23/h2-5,8,11-12,21H,6-7,9-10,13-14H2,1H3. The second-order valence-electron chi connectivity index (χ2n) is 7.02. The first-order valence-corrected chi connectivity index (χ1v) is 13.0. The number of rotatable bonds is 7. The van der Waals surface area contributed by atoms with E-state index in [9.17, 15) is 13.2 Å². The molecule has 30 heavy (non-hydrogen) atoms. The number of amides is 1. The van der Waals surface area contributed by atoms with Crippen molar-refractivity contribution in [3.05, 3.63) is 64.0 Å². The van der Waals surface area contributed by atoms with Crippen LogP contribution in [0.2, 0.25) is 0 Å². The largest absolute Gasteiger partial charge is 0.467 e. The summed E-state index contributed by atoms with van der Waals surface area (Å²) in [6, 6.07) is 9.06. The van der Waals surface area contributed by atoms with Gasteiger partial charge in [0.1, 0.15) is 16.3 Å². The number of nitrogens with one attached hydrogen (secondary N) is 1. The average Bonchev–Trinajstić information content (AvgIpc) is 3.50. The molecule has 160 valence electrons. The highest BCUT2D eigenvalue weighted by molar-refractivity contribution is 7.99. The Hall–Kier alpha value is -2.01. The van der Waals surface area contributed by atoms with Gasteiger partial charge >= 0.3 is 0 Å². The van der Waals surface area contributed by atoms with E-state index in [1.54, 1.807) is 40.3 Å². The molecule has 0 atom stereocenters. The lowest BCUT2D eigenvalue weighted by Crippen LogP contribution is -2.37. The fourth-order valence-corrected chi connectivity index (χ4v) is 6.78. The van der Waals surface area contributed by atoms with E-state index in [4.69, 9.17) is 4.42 Å². The minimum Gasteiger partial charge on any atom is -0.467 e. The molecule has 1 saturated heterocycles. The SMILES string of the molecule is Cc1ccc(CN(Cc2ccco2)C(=O)c2cc(S(=O)(=O)N3CCSCC3)c[nH]2)s1. The topological polar surface area (TPSA) is 86.6 Å². The van der Waals surface area contributed by atoms with Crippen LogP contribution in [0.3, 0.4) is 0 Å². The fourth-order valence-electron chi connectivity index (χ4n) is 3.30. The number of aromatic amines is 1. The highest BCUT2D eigenvalue weighted by Gasteiger charge is 2.29. The molecule has 0 saturated carbocycles. The van der Waals surface area contributed by atoms with Crippen LogP contribution >= 0.6 is 23.1 Å². The van der Waals surface area contributed by atoms with Crippen LogP contribution in [0.1, 0.15) is 26.0 Å². The number of sulfonamides is 1. The van der Waals surface area contributed by atoms with Crippen molar-refractivity contribution in [2.24, 2.45) is 0 Å². The summed E-state index contributed by atoms with van der Waals surface area (Å²) in [5.74, 6) is 1.97. The smallest absolute Gasteiger partial charge is 0.271 e. The maximum atomic E-state index is 13.2. The Morgan fingerprint density at radius 1 is 1.23 bits per heavy atom. The molecule has 1 aliphatic rings. The van der Waals surface area contributed by atoms with Crippen LogP contribution in [-0.2, 0) is 23.1 Å². The third-order valence-electron chi connectivity index (χ3n) is 4.85. The van der Waals surface area contributed by atoms with Gasteiger partial charge in [-0.2, -0.15) is 16.1 Å². The Bertz CT molecular complexity index is 1100. The molecule has 0 unspecified atom stereocenters. The van der Waals surface area contributed by atoms with Crippen molar-refractivity contribution in [1.82, 2.24) is 14.2 Å². The first kappa shape index (κ1) is 21.2. The van der Waals surface area contributed by atoms with Crippen molar-refractivity contribution < 1.29 is 17.6 Å². The molecule has 4 heterocycles. The minimum absolute atomic E-state index is 0.127. The van der Waals surface area contributed by atoms with Crippen molar-refractivity contribution in [2.75, 3.05) is 24.6 Å². The zero-order valence-electron chi connectivity index (χ0n) is 16.5. The highest BCUT2D eigenvalue weighted by atomic mass is 32.2. The normalized spacial score (nSPS) is 15.4. The van der Waals surface area contributed by atoms with E-state index in [0.717, 1.165) is 16.4 Å². The Morgan fingerprint density at radius 2 is 2.03 bits per heavy atom. The van der Waals surface area contributed by atoms with Gasteiger partial charge in [-0.15, -0.1) is 11.3 Å². The summed E-state index contributed by atoms with van der Waals surface area (Å²) < 4.78 is 32.7. The number of aromatic nitrogens is 1. The predicted molar refractivity (Wildman–Crippen MR) is 118 cm³/mol. The lowest BCUT2D eigenvalue weighted by molar-refractivity contribution is 0.0714. The van der Waals surface area contributed by atoms with Gasteiger partial charge in [0.2, 0.25) is 10.0 Å². The van der Waals surface area contributed by atoms with E-state index >= 15 is 0 Å². The van der Waals surface area contributed by atoms with Gasteiger partial charge in [0.15, 0.2) is 0 Å². The van der Waals surface area contributed by atoms with Crippen LogP contribution in [0.4, 0.5) is 0 Å². The number of nitrogens with zero attached hydrogens (tertiary/aromatic N) is 2. The first-order chi connectivity index (χ1) is 14.4. The second-order valence-corrected chi connectivity index (χ2v) is 11.6. The quantitative estimate of drug-likeness (QED) is 0.577. The molecule has 7 nitrogen and oxygen atoms in total. The van der Waals surface area contributed by atoms with Crippen LogP contribution in [0.15, 0.2) is 52.1 Å². The molecule has 0 bridgehead atoms. The minimum atomic E-state index is -3.60. The number of carbonyl (C=O) groups is 1. The van der Waals surface area contributed by atoms with Crippen LogP contribution in [0, 0.1) is 6.92 Å². The van der Waals surface area contributed by atoms with Crippen LogP contribution in [0.25, 0.3) is 0 Å². The molecule has 4 rings (SSSR count). The van der Waals surface area contributed by atoms with Gasteiger partial charge in [-0.1, -0.05) is 0 Å². The van der Waals surface area contributed by atoms with Crippen molar-refractivity contribution >= 4 is 39.0 Å². The van der Waals surface area contributed by atoms with E-state index in [-0.39, 0.29) is 16.5 Å². The highest BCUT2D eigenvalue weighted by Crippen LogP contribution is 2.23. The van der Waals surface area contributed by atoms with E-state index in [2.05, 4.69) is 4.98 Å². The molecule has 10 heteroatoms. The molecular weight excluding hydrogens is 442 g/mol. The molecular formula is C20H23N3O4S3. The Morgan fingerprint density at radius 3 is 2.70 bits per heavy atom.